The Kier molecular flexibility index (Phi) is 4.69. The molecular formula is C18H26BrNO2. The summed E-state index contributed by atoms with van der Waals surface area (Å²) in [4.78, 5) is 0. The van der Waals surface area contributed by atoms with Gasteiger partial charge in [-0.15, -0.1) is 0 Å². The summed E-state index contributed by atoms with van der Waals surface area (Å²) in [6, 6.07) is 2.22. The zero-order valence-corrected chi connectivity index (χ0v) is 15.2. The molecule has 4 heteroatoms. The molecule has 0 saturated heterocycles. The number of nitrogens with two attached hydrogens (primary N) is 1. The third-order valence-electron chi connectivity index (χ3n) is 5.16. The molecule has 1 saturated carbocycles. The first-order valence-corrected chi connectivity index (χ1v) is 9.21. The fourth-order valence-electron chi connectivity index (χ4n) is 3.98. The van der Waals surface area contributed by atoms with Gasteiger partial charge in [0.25, 0.3) is 0 Å². The molecular weight excluding hydrogens is 342 g/mol. The molecule has 1 aliphatic carbocycles. The summed E-state index contributed by atoms with van der Waals surface area (Å²) in [5, 5.41) is 0. The first kappa shape index (κ1) is 16.1. The van der Waals surface area contributed by atoms with Crippen molar-refractivity contribution >= 4 is 15.9 Å². The van der Waals surface area contributed by atoms with Crippen LogP contribution in [0.4, 0.5) is 0 Å². The molecule has 0 amide bonds. The van der Waals surface area contributed by atoms with Crippen LogP contribution in [-0.2, 0) is 5.41 Å². The first-order chi connectivity index (χ1) is 10.6. The monoisotopic (exact) mass is 367 g/mol. The van der Waals surface area contributed by atoms with E-state index in [0.29, 0.717) is 25.7 Å². The van der Waals surface area contributed by atoms with Crippen LogP contribution in [-0.4, -0.2) is 19.8 Å². The van der Waals surface area contributed by atoms with Crippen LogP contribution in [0.2, 0.25) is 0 Å². The smallest absolute Gasteiger partial charge is 0.175 e. The Morgan fingerprint density at radius 2 is 1.86 bits per heavy atom. The fraction of sp³-hybridized carbons (Fsp3) is 0.667. The molecule has 1 heterocycles. The first-order valence-electron chi connectivity index (χ1n) is 8.41. The predicted molar refractivity (Wildman–Crippen MR) is 93.0 cm³/mol. The van der Waals surface area contributed by atoms with Crippen molar-refractivity contribution in [3.8, 4) is 11.5 Å². The molecule has 0 aromatic heterocycles. The van der Waals surface area contributed by atoms with E-state index in [9.17, 15) is 0 Å². The third kappa shape index (κ3) is 2.65. The summed E-state index contributed by atoms with van der Waals surface area (Å²) in [6.07, 6.45) is 6.21. The standard InChI is InChI=1S/C18H26BrNO2/c1-12(2)15-13(18(11-20)6-4-3-5-7-18)10-14-17(16(15)19)22-9-8-21-14/h10,12H,3-9,11,20H2,1-2H3. The van der Waals surface area contributed by atoms with E-state index in [-0.39, 0.29) is 5.41 Å². The average molecular weight is 368 g/mol. The highest BCUT2D eigenvalue weighted by Gasteiger charge is 2.37. The number of ether oxygens (including phenoxy) is 2. The van der Waals surface area contributed by atoms with Crippen LogP contribution in [0.25, 0.3) is 0 Å². The van der Waals surface area contributed by atoms with E-state index in [2.05, 4.69) is 35.8 Å². The lowest BCUT2D eigenvalue weighted by Gasteiger charge is -2.40. The third-order valence-corrected chi connectivity index (χ3v) is 5.95. The second kappa shape index (κ2) is 6.40. The Bertz CT molecular complexity index is 551. The molecule has 2 aliphatic rings. The quantitative estimate of drug-likeness (QED) is 0.854. The Labute approximate surface area is 141 Å². The van der Waals surface area contributed by atoms with Crippen molar-refractivity contribution in [2.75, 3.05) is 19.8 Å². The average Bonchev–Trinajstić information content (AvgIpc) is 2.55. The van der Waals surface area contributed by atoms with Gasteiger partial charge in [-0.05, 0) is 51.9 Å². The van der Waals surface area contributed by atoms with E-state index >= 15 is 0 Å². The van der Waals surface area contributed by atoms with Gasteiger partial charge in [0.1, 0.15) is 13.2 Å². The van der Waals surface area contributed by atoms with Gasteiger partial charge in [-0.25, -0.2) is 0 Å². The van der Waals surface area contributed by atoms with Crippen molar-refractivity contribution < 1.29 is 9.47 Å². The highest BCUT2D eigenvalue weighted by Crippen LogP contribution is 2.50. The molecule has 1 fully saturated rings. The zero-order valence-electron chi connectivity index (χ0n) is 13.6. The molecule has 0 radical (unpaired) electrons. The van der Waals surface area contributed by atoms with Crippen LogP contribution in [0.5, 0.6) is 11.5 Å². The summed E-state index contributed by atoms with van der Waals surface area (Å²) >= 11 is 3.79. The predicted octanol–water partition coefficient (Wildman–Crippen LogP) is 4.50. The maximum atomic E-state index is 6.28. The van der Waals surface area contributed by atoms with Gasteiger partial charge >= 0.3 is 0 Å². The van der Waals surface area contributed by atoms with Gasteiger partial charge in [0.15, 0.2) is 11.5 Å². The van der Waals surface area contributed by atoms with E-state index in [1.165, 1.54) is 43.2 Å². The maximum absolute atomic E-state index is 6.28. The van der Waals surface area contributed by atoms with E-state index in [1.54, 1.807) is 0 Å². The minimum absolute atomic E-state index is 0.0935. The van der Waals surface area contributed by atoms with Crippen LogP contribution < -0.4 is 15.2 Å². The summed E-state index contributed by atoms with van der Waals surface area (Å²) in [5.41, 5.74) is 9.09. The number of benzene rings is 1. The molecule has 0 atom stereocenters. The largest absolute Gasteiger partial charge is 0.486 e. The van der Waals surface area contributed by atoms with Crippen molar-refractivity contribution in [1.29, 1.82) is 0 Å². The number of hydrogen-bond donors (Lipinski definition) is 1. The molecule has 1 aromatic carbocycles. The van der Waals surface area contributed by atoms with Gasteiger partial charge in [-0.2, -0.15) is 0 Å². The SMILES string of the molecule is CC(C)c1c(C2(CN)CCCCC2)cc2c(c1Br)OCCO2. The van der Waals surface area contributed by atoms with Crippen LogP contribution in [0.1, 0.15) is 63.0 Å². The van der Waals surface area contributed by atoms with E-state index < -0.39 is 0 Å². The minimum atomic E-state index is 0.0935. The highest BCUT2D eigenvalue weighted by atomic mass is 79.9. The van der Waals surface area contributed by atoms with Crippen molar-refractivity contribution in [3.05, 3.63) is 21.7 Å². The van der Waals surface area contributed by atoms with Crippen LogP contribution in [0, 0.1) is 0 Å². The van der Waals surface area contributed by atoms with E-state index in [4.69, 9.17) is 15.2 Å². The van der Waals surface area contributed by atoms with Crippen LogP contribution >= 0.6 is 15.9 Å². The lowest BCUT2D eigenvalue weighted by molar-refractivity contribution is 0.169. The number of hydrogen-bond acceptors (Lipinski definition) is 3. The van der Waals surface area contributed by atoms with Gasteiger partial charge < -0.3 is 15.2 Å². The summed E-state index contributed by atoms with van der Waals surface area (Å²) < 4.78 is 12.8. The van der Waals surface area contributed by atoms with Crippen molar-refractivity contribution in [1.82, 2.24) is 0 Å². The molecule has 1 aliphatic heterocycles. The molecule has 1 aromatic rings. The van der Waals surface area contributed by atoms with Crippen molar-refractivity contribution in [2.24, 2.45) is 5.73 Å². The number of fused-ring (bicyclic) bond motifs is 1. The van der Waals surface area contributed by atoms with Gasteiger partial charge in [0.05, 0.1) is 4.47 Å². The molecule has 0 spiro atoms. The van der Waals surface area contributed by atoms with E-state index in [1.807, 2.05) is 0 Å². The zero-order chi connectivity index (χ0) is 15.7. The molecule has 3 rings (SSSR count). The van der Waals surface area contributed by atoms with Crippen LogP contribution in [0.3, 0.4) is 0 Å². The highest BCUT2D eigenvalue weighted by molar-refractivity contribution is 9.10. The second-order valence-corrected chi connectivity index (χ2v) is 7.67. The Hall–Kier alpha value is -0.740. The van der Waals surface area contributed by atoms with Crippen LogP contribution in [0.15, 0.2) is 10.5 Å². The second-order valence-electron chi connectivity index (χ2n) is 6.88. The number of rotatable bonds is 3. The molecule has 0 bridgehead atoms. The Balaban J connectivity index is 2.18. The summed E-state index contributed by atoms with van der Waals surface area (Å²) in [6.45, 7) is 6.43. The minimum Gasteiger partial charge on any atom is -0.486 e. The lowest BCUT2D eigenvalue weighted by Crippen LogP contribution is -2.38. The van der Waals surface area contributed by atoms with Gasteiger partial charge in [0, 0.05) is 12.0 Å². The molecule has 22 heavy (non-hydrogen) atoms. The van der Waals surface area contributed by atoms with E-state index in [0.717, 1.165) is 16.0 Å². The molecule has 122 valence electrons. The topological polar surface area (TPSA) is 44.5 Å². The Morgan fingerprint density at radius 1 is 1.18 bits per heavy atom. The molecule has 2 N–H and O–H groups in total. The normalized spacial score (nSPS) is 20.2. The van der Waals surface area contributed by atoms with Gasteiger partial charge in [-0.1, -0.05) is 33.1 Å². The fourth-order valence-corrected chi connectivity index (χ4v) is 4.96. The summed E-state index contributed by atoms with van der Waals surface area (Å²) in [5.74, 6) is 2.16. The Morgan fingerprint density at radius 3 is 2.50 bits per heavy atom. The van der Waals surface area contributed by atoms with Crippen molar-refractivity contribution in [3.63, 3.8) is 0 Å². The van der Waals surface area contributed by atoms with Gasteiger partial charge in [-0.3, -0.25) is 0 Å². The maximum Gasteiger partial charge on any atom is 0.175 e. The van der Waals surface area contributed by atoms with Gasteiger partial charge in [0.2, 0.25) is 0 Å². The number of halogens is 1. The summed E-state index contributed by atoms with van der Waals surface area (Å²) in [7, 11) is 0. The van der Waals surface area contributed by atoms with Crippen molar-refractivity contribution in [2.45, 2.75) is 57.3 Å². The molecule has 0 unspecified atom stereocenters. The lowest BCUT2D eigenvalue weighted by atomic mass is 9.67. The molecule has 3 nitrogen and oxygen atoms in total.